The minimum Gasteiger partial charge on any atom is -0.493 e. The predicted octanol–water partition coefficient (Wildman–Crippen LogP) is 4.26. The van der Waals surface area contributed by atoms with Crippen molar-refractivity contribution < 1.29 is 23.4 Å². The summed E-state index contributed by atoms with van der Waals surface area (Å²) >= 11 is 0. The Hall–Kier alpha value is -4.47. The standard InChI is InChI=1S/C28H28FN5O4/c1-36-23-10-9-22-24(25(23)37-2)26(33-28(32-22)38-3)34-13-11-20(12-14-34)31-27(35)18-7-8-21(30-16-18)17-5-4-6-19(29)15-17/h4-10,15-16,20H,11-14H2,1-3H3,(H,31,35). The van der Waals surface area contributed by atoms with Crippen molar-refractivity contribution in [2.75, 3.05) is 39.3 Å². The summed E-state index contributed by atoms with van der Waals surface area (Å²) in [5, 5.41) is 3.86. The summed E-state index contributed by atoms with van der Waals surface area (Å²) in [6, 6.07) is 13.6. The highest BCUT2D eigenvalue weighted by molar-refractivity contribution is 5.97. The Bertz CT molecular complexity index is 1460. The monoisotopic (exact) mass is 517 g/mol. The second-order valence-corrected chi connectivity index (χ2v) is 8.91. The lowest BCUT2D eigenvalue weighted by molar-refractivity contribution is 0.0930. The molecule has 0 radical (unpaired) electrons. The van der Waals surface area contributed by atoms with Crippen LogP contribution in [-0.4, -0.2) is 61.3 Å². The number of benzene rings is 2. The van der Waals surface area contributed by atoms with Crippen LogP contribution in [0.1, 0.15) is 23.2 Å². The summed E-state index contributed by atoms with van der Waals surface area (Å²) < 4.78 is 30.0. The molecule has 0 bridgehead atoms. The first-order valence-corrected chi connectivity index (χ1v) is 12.2. The van der Waals surface area contributed by atoms with Crippen LogP contribution < -0.4 is 24.4 Å². The Balaban J connectivity index is 1.29. The number of anilines is 1. The van der Waals surface area contributed by atoms with Crippen molar-refractivity contribution in [3.8, 4) is 28.8 Å². The number of halogens is 1. The van der Waals surface area contributed by atoms with Crippen LogP contribution in [0.15, 0.2) is 54.7 Å². The van der Waals surface area contributed by atoms with Crippen molar-refractivity contribution in [1.82, 2.24) is 20.3 Å². The van der Waals surface area contributed by atoms with Crippen molar-refractivity contribution >= 4 is 22.6 Å². The van der Waals surface area contributed by atoms with Crippen LogP contribution in [0.4, 0.5) is 10.2 Å². The smallest absolute Gasteiger partial charge is 0.318 e. The number of ether oxygens (including phenoxy) is 3. The molecule has 0 saturated carbocycles. The molecule has 1 saturated heterocycles. The number of methoxy groups -OCH3 is 3. The molecule has 1 amide bonds. The Morgan fingerprint density at radius 2 is 1.82 bits per heavy atom. The fourth-order valence-corrected chi connectivity index (χ4v) is 4.67. The number of rotatable bonds is 7. The summed E-state index contributed by atoms with van der Waals surface area (Å²) in [5.41, 5.74) is 2.41. The molecule has 2 aromatic carbocycles. The van der Waals surface area contributed by atoms with Crippen LogP contribution in [0.3, 0.4) is 0 Å². The maximum Gasteiger partial charge on any atom is 0.318 e. The molecule has 1 fully saturated rings. The van der Waals surface area contributed by atoms with Gasteiger partial charge in [-0.2, -0.15) is 9.97 Å². The number of piperidine rings is 1. The van der Waals surface area contributed by atoms with Gasteiger partial charge in [-0.1, -0.05) is 12.1 Å². The van der Waals surface area contributed by atoms with E-state index in [2.05, 4.69) is 25.2 Å². The van der Waals surface area contributed by atoms with Gasteiger partial charge in [0, 0.05) is 30.9 Å². The predicted molar refractivity (Wildman–Crippen MR) is 142 cm³/mol. The quantitative estimate of drug-likeness (QED) is 0.388. The van der Waals surface area contributed by atoms with Crippen LogP contribution >= 0.6 is 0 Å². The van der Waals surface area contributed by atoms with Gasteiger partial charge in [0.25, 0.3) is 5.91 Å². The van der Waals surface area contributed by atoms with Gasteiger partial charge in [-0.15, -0.1) is 0 Å². The second kappa shape index (κ2) is 10.9. The first kappa shape index (κ1) is 25.2. The molecule has 196 valence electrons. The molecule has 9 nitrogen and oxygen atoms in total. The van der Waals surface area contributed by atoms with Gasteiger partial charge >= 0.3 is 6.01 Å². The number of fused-ring (bicyclic) bond motifs is 1. The number of hydrogen-bond acceptors (Lipinski definition) is 8. The van der Waals surface area contributed by atoms with Crippen LogP contribution in [0.25, 0.3) is 22.2 Å². The lowest BCUT2D eigenvalue weighted by Gasteiger charge is -2.34. The first-order valence-electron chi connectivity index (χ1n) is 12.2. The van der Waals surface area contributed by atoms with Crippen LogP contribution in [0.5, 0.6) is 17.5 Å². The maximum atomic E-state index is 13.5. The molecule has 2 aromatic heterocycles. The molecule has 0 aliphatic carbocycles. The summed E-state index contributed by atoms with van der Waals surface area (Å²) in [6.07, 6.45) is 2.96. The highest BCUT2D eigenvalue weighted by atomic mass is 19.1. The summed E-state index contributed by atoms with van der Waals surface area (Å²) in [5.74, 6) is 1.33. The minimum absolute atomic E-state index is 0.00641. The van der Waals surface area contributed by atoms with Crippen molar-refractivity contribution in [3.63, 3.8) is 0 Å². The molecule has 1 aliphatic heterocycles. The number of carbonyl (C=O) groups is 1. The molecule has 5 rings (SSSR count). The normalized spacial score (nSPS) is 13.8. The molecular weight excluding hydrogens is 489 g/mol. The second-order valence-electron chi connectivity index (χ2n) is 8.91. The van der Waals surface area contributed by atoms with Gasteiger partial charge in [0.05, 0.1) is 43.5 Å². The fourth-order valence-electron chi connectivity index (χ4n) is 4.67. The van der Waals surface area contributed by atoms with E-state index in [4.69, 9.17) is 14.2 Å². The van der Waals surface area contributed by atoms with E-state index < -0.39 is 0 Å². The number of amides is 1. The molecule has 38 heavy (non-hydrogen) atoms. The average molecular weight is 518 g/mol. The third-order valence-corrected chi connectivity index (χ3v) is 6.62. The molecule has 0 atom stereocenters. The zero-order valence-corrected chi connectivity index (χ0v) is 21.4. The van der Waals surface area contributed by atoms with Gasteiger partial charge in [-0.05, 0) is 49.2 Å². The SMILES string of the molecule is COc1nc(N2CCC(NC(=O)c3ccc(-c4cccc(F)c4)nc3)CC2)c2c(OC)c(OC)ccc2n1. The maximum absolute atomic E-state index is 13.5. The summed E-state index contributed by atoms with van der Waals surface area (Å²) in [6.45, 7) is 1.33. The van der Waals surface area contributed by atoms with Gasteiger partial charge < -0.3 is 24.4 Å². The third-order valence-electron chi connectivity index (χ3n) is 6.62. The number of carbonyl (C=O) groups excluding carboxylic acids is 1. The van der Waals surface area contributed by atoms with Crippen molar-refractivity contribution in [3.05, 3.63) is 66.1 Å². The summed E-state index contributed by atoms with van der Waals surface area (Å²) in [7, 11) is 4.71. The van der Waals surface area contributed by atoms with Crippen molar-refractivity contribution in [1.29, 1.82) is 0 Å². The van der Waals surface area contributed by atoms with Gasteiger partial charge in [0.15, 0.2) is 11.5 Å². The molecular formula is C28H28FN5O4. The lowest BCUT2D eigenvalue weighted by Crippen LogP contribution is -2.45. The first-order chi connectivity index (χ1) is 18.5. The van der Waals surface area contributed by atoms with E-state index >= 15 is 0 Å². The van der Waals surface area contributed by atoms with Gasteiger partial charge in [-0.25, -0.2) is 4.39 Å². The van der Waals surface area contributed by atoms with Gasteiger partial charge in [0.1, 0.15) is 11.6 Å². The molecule has 0 unspecified atom stereocenters. The zero-order valence-electron chi connectivity index (χ0n) is 21.4. The number of hydrogen-bond donors (Lipinski definition) is 1. The average Bonchev–Trinajstić information content (AvgIpc) is 2.96. The van der Waals surface area contributed by atoms with E-state index in [1.807, 2.05) is 6.07 Å². The van der Waals surface area contributed by atoms with E-state index in [0.29, 0.717) is 52.7 Å². The molecule has 3 heterocycles. The van der Waals surface area contributed by atoms with Crippen LogP contribution in [0, 0.1) is 5.82 Å². The molecule has 4 aromatic rings. The van der Waals surface area contributed by atoms with Crippen molar-refractivity contribution in [2.45, 2.75) is 18.9 Å². The Morgan fingerprint density at radius 3 is 2.47 bits per heavy atom. The number of nitrogens with one attached hydrogen (secondary N) is 1. The van der Waals surface area contributed by atoms with Crippen LogP contribution in [0.2, 0.25) is 0 Å². The number of nitrogens with zero attached hydrogens (tertiary/aromatic N) is 4. The Kier molecular flexibility index (Phi) is 7.21. The van der Waals surface area contributed by atoms with E-state index in [0.717, 1.165) is 18.2 Å². The van der Waals surface area contributed by atoms with E-state index in [9.17, 15) is 9.18 Å². The van der Waals surface area contributed by atoms with Gasteiger partial charge in [-0.3, -0.25) is 9.78 Å². The largest absolute Gasteiger partial charge is 0.493 e. The number of pyridine rings is 1. The van der Waals surface area contributed by atoms with E-state index in [-0.39, 0.29) is 23.8 Å². The minimum atomic E-state index is -0.330. The molecule has 10 heteroatoms. The summed E-state index contributed by atoms with van der Waals surface area (Å²) in [4.78, 5) is 28.5. The van der Waals surface area contributed by atoms with E-state index in [1.165, 1.54) is 25.4 Å². The highest BCUT2D eigenvalue weighted by Gasteiger charge is 2.26. The topological polar surface area (TPSA) is 98.7 Å². The zero-order chi connectivity index (χ0) is 26.6. The van der Waals surface area contributed by atoms with E-state index in [1.54, 1.807) is 44.6 Å². The van der Waals surface area contributed by atoms with Crippen molar-refractivity contribution in [2.24, 2.45) is 0 Å². The van der Waals surface area contributed by atoms with Crippen LogP contribution in [-0.2, 0) is 0 Å². The Morgan fingerprint density at radius 1 is 1.00 bits per heavy atom. The third kappa shape index (κ3) is 5.02. The molecule has 1 N–H and O–H groups in total. The highest BCUT2D eigenvalue weighted by Crippen LogP contribution is 2.40. The fraction of sp³-hybridized carbons (Fsp3) is 0.286. The lowest BCUT2D eigenvalue weighted by atomic mass is 10.0. The number of aromatic nitrogens is 3. The Labute approximate surface area is 219 Å². The molecule has 0 spiro atoms. The van der Waals surface area contributed by atoms with Gasteiger partial charge in [0.2, 0.25) is 0 Å². The molecule has 1 aliphatic rings.